The Morgan fingerprint density at radius 2 is 2.44 bits per heavy atom. The van der Waals surface area contributed by atoms with Gasteiger partial charge in [-0.25, -0.2) is 0 Å². The topological polar surface area (TPSA) is 67.2 Å². The molecule has 2 N–H and O–H groups in total. The van der Waals surface area contributed by atoms with Gasteiger partial charge < -0.3 is 10.4 Å². The Bertz CT molecular complexity index is 336. The van der Waals surface area contributed by atoms with Gasteiger partial charge in [-0.2, -0.15) is 5.10 Å². The number of nitrogens with one attached hydrogen (secondary N) is 1. The van der Waals surface area contributed by atoms with E-state index in [2.05, 4.69) is 17.3 Å². The van der Waals surface area contributed by atoms with Crippen molar-refractivity contribution in [2.24, 2.45) is 0 Å². The first-order chi connectivity index (χ1) is 7.63. The predicted octanol–water partition coefficient (Wildman–Crippen LogP) is 1.42. The molecule has 0 aliphatic carbocycles. The summed E-state index contributed by atoms with van der Waals surface area (Å²) in [5.41, 5.74) is 1.14. The van der Waals surface area contributed by atoms with Gasteiger partial charge in [-0.3, -0.25) is 9.48 Å². The zero-order chi connectivity index (χ0) is 12.0. The van der Waals surface area contributed by atoms with E-state index in [1.807, 2.05) is 24.0 Å². The van der Waals surface area contributed by atoms with Crippen molar-refractivity contribution >= 4 is 5.97 Å². The lowest BCUT2D eigenvalue weighted by Gasteiger charge is -2.10. The Morgan fingerprint density at radius 1 is 1.69 bits per heavy atom. The molecule has 1 atom stereocenters. The number of aromatic nitrogens is 2. The number of rotatable bonds is 7. The van der Waals surface area contributed by atoms with Crippen LogP contribution >= 0.6 is 0 Å². The highest BCUT2D eigenvalue weighted by Gasteiger charge is 2.07. The standard InChI is InChI=1S/C11H19N3O2/c1-3-14-8-10(7-13-14)9(2)12-6-4-5-11(15)16/h7-9,12H,3-6H2,1-2H3,(H,15,16). The van der Waals surface area contributed by atoms with Gasteiger partial charge in [0, 0.05) is 30.8 Å². The van der Waals surface area contributed by atoms with Crippen molar-refractivity contribution in [2.45, 2.75) is 39.3 Å². The molecule has 0 spiro atoms. The van der Waals surface area contributed by atoms with E-state index in [1.165, 1.54) is 0 Å². The Hall–Kier alpha value is -1.36. The molecule has 0 aliphatic heterocycles. The van der Waals surface area contributed by atoms with Crippen LogP contribution < -0.4 is 5.32 Å². The van der Waals surface area contributed by atoms with Crippen molar-refractivity contribution in [3.8, 4) is 0 Å². The van der Waals surface area contributed by atoms with Crippen LogP contribution in [0.25, 0.3) is 0 Å². The molecule has 0 saturated heterocycles. The van der Waals surface area contributed by atoms with E-state index in [1.54, 1.807) is 0 Å². The van der Waals surface area contributed by atoms with Gasteiger partial charge in [0.25, 0.3) is 0 Å². The molecule has 5 heteroatoms. The first kappa shape index (κ1) is 12.7. The maximum absolute atomic E-state index is 10.3. The SMILES string of the molecule is CCn1cc(C(C)NCCCC(=O)O)cn1. The number of carboxylic acid groups (broad SMARTS) is 1. The van der Waals surface area contributed by atoms with Crippen molar-refractivity contribution in [3.63, 3.8) is 0 Å². The Kier molecular flexibility index (Phi) is 4.98. The molecule has 0 fully saturated rings. The van der Waals surface area contributed by atoms with E-state index in [-0.39, 0.29) is 12.5 Å². The summed E-state index contributed by atoms with van der Waals surface area (Å²) < 4.78 is 1.88. The quantitative estimate of drug-likeness (QED) is 0.689. The van der Waals surface area contributed by atoms with Crippen LogP contribution in [0.15, 0.2) is 12.4 Å². The number of aryl methyl sites for hydroxylation is 1. The lowest BCUT2D eigenvalue weighted by atomic mass is 10.2. The second-order valence-corrected chi connectivity index (χ2v) is 3.80. The molecule has 0 amide bonds. The van der Waals surface area contributed by atoms with Crippen LogP contribution in [-0.4, -0.2) is 27.4 Å². The summed E-state index contributed by atoms with van der Waals surface area (Å²) in [6.45, 7) is 5.68. The van der Waals surface area contributed by atoms with Crippen molar-refractivity contribution in [1.82, 2.24) is 15.1 Å². The normalized spacial score (nSPS) is 12.6. The predicted molar refractivity (Wildman–Crippen MR) is 61.2 cm³/mol. The minimum Gasteiger partial charge on any atom is -0.481 e. The molecular weight excluding hydrogens is 206 g/mol. The molecule has 5 nitrogen and oxygen atoms in total. The lowest BCUT2D eigenvalue weighted by Crippen LogP contribution is -2.20. The fraction of sp³-hybridized carbons (Fsp3) is 0.636. The number of aliphatic carboxylic acids is 1. The molecule has 0 saturated carbocycles. The fourth-order valence-corrected chi connectivity index (χ4v) is 1.45. The second kappa shape index (κ2) is 6.27. The number of nitrogens with zero attached hydrogens (tertiary/aromatic N) is 2. The summed E-state index contributed by atoms with van der Waals surface area (Å²) >= 11 is 0. The van der Waals surface area contributed by atoms with Crippen LogP contribution in [-0.2, 0) is 11.3 Å². The van der Waals surface area contributed by atoms with Crippen LogP contribution in [0.3, 0.4) is 0 Å². The smallest absolute Gasteiger partial charge is 0.303 e. The third-order valence-electron chi connectivity index (χ3n) is 2.50. The van der Waals surface area contributed by atoms with Gasteiger partial charge in [-0.05, 0) is 26.8 Å². The molecule has 90 valence electrons. The number of hydrogen-bond donors (Lipinski definition) is 2. The minimum absolute atomic E-state index is 0.216. The van der Waals surface area contributed by atoms with Crippen LogP contribution in [0.5, 0.6) is 0 Å². The summed E-state index contributed by atoms with van der Waals surface area (Å²) in [7, 11) is 0. The number of hydrogen-bond acceptors (Lipinski definition) is 3. The zero-order valence-electron chi connectivity index (χ0n) is 9.81. The Balaban J connectivity index is 2.29. The summed E-state index contributed by atoms with van der Waals surface area (Å²) in [6, 6.07) is 0.217. The van der Waals surface area contributed by atoms with Crippen LogP contribution in [0.2, 0.25) is 0 Å². The van der Waals surface area contributed by atoms with Crippen LogP contribution in [0.1, 0.15) is 38.3 Å². The lowest BCUT2D eigenvalue weighted by molar-refractivity contribution is -0.137. The number of carbonyl (C=O) groups is 1. The Morgan fingerprint density at radius 3 is 3.00 bits per heavy atom. The number of carboxylic acids is 1. The molecule has 1 rings (SSSR count). The van der Waals surface area contributed by atoms with E-state index in [9.17, 15) is 4.79 Å². The highest BCUT2D eigenvalue weighted by Crippen LogP contribution is 2.10. The molecule has 0 aliphatic rings. The van der Waals surface area contributed by atoms with Gasteiger partial charge in [0.15, 0.2) is 0 Å². The van der Waals surface area contributed by atoms with Gasteiger partial charge in [0.05, 0.1) is 6.20 Å². The van der Waals surface area contributed by atoms with Gasteiger partial charge in [0.2, 0.25) is 0 Å². The third-order valence-corrected chi connectivity index (χ3v) is 2.50. The minimum atomic E-state index is -0.742. The molecule has 0 aromatic carbocycles. The van der Waals surface area contributed by atoms with Crippen molar-refractivity contribution in [3.05, 3.63) is 18.0 Å². The van der Waals surface area contributed by atoms with Gasteiger partial charge in [0.1, 0.15) is 0 Å². The van der Waals surface area contributed by atoms with E-state index in [0.717, 1.165) is 12.1 Å². The zero-order valence-corrected chi connectivity index (χ0v) is 9.81. The maximum atomic E-state index is 10.3. The monoisotopic (exact) mass is 225 g/mol. The van der Waals surface area contributed by atoms with E-state index in [4.69, 9.17) is 5.11 Å². The fourth-order valence-electron chi connectivity index (χ4n) is 1.45. The molecular formula is C11H19N3O2. The van der Waals surface area contributed by atoms with Crippen molar-refractivity contribution in [1.29, 1.82) is 0 Å². The van der Waals surface area contributed by atoms with Gasteiger partial charge in [-0.1, -0.05) is 0 Å². The molecule has 1 heterocycles. The highest BCUT2D eigenvalue weighted by atomic mass is 16.4. The molecule has 16 heavy (non-hydrogen) atoms. The maximum Gasteiger partial charge on any atom is 0.303 e. The summed E-state index contributed by atoms with van der Waals surface area (Å²) in [4.78, 5) is 10.3. The van der Waals surface area contributed by atoms with E-state index in [0.29, 0.717) is 13.0 Å². The summed E-state index contributed by atoms with van der Waals surface area (Å²) in [5.74, 6) is -0.742. The van der Waals surface area contributed by atoms with Crippen molar-refractivity contribution in [2.75, 3.05) is 6.54 Å². The van der Waals surface area contributed by atoms with Crippen LogP contribution in [0.4, 0.5) is 0 Å². The van der Waals surface area contributed by atoms with E-state index < -0.39 is 5.97 Å². The average molecular weight is 225 g/mol. The molecule has 1 unspecified atom stereocenters. The summed E-state index contributed by atoms with van der Waals surface area (Å²) in [5, 5.41) is 16.0. The van der Waals surface area contributed by atoms with Gasteiger partial charge in [-0.15, -0.1) is 0 Å². The molecule has 0 radical (unpaired) electrons. The highest BCUT2D eigenvalue weighted by molar-refractivity contribution is 5.66. The summed E-state index contributed by atoms with van der Waals surface area (Å²) in [6.07, 6.45) is 4.72. The van der Waals surface area contributed by atoms with E-state index >= 15 is 0 Å². The first-order valence-corrected chi connectivity index (χ1v) is 5.61. The largest absolute Gasteiger partial charge is 0.481 e. The second-order valence-electron chi connectivity index (χ2n) is 3.80. The van der Waals surface area contributed by atoms with Gasteiger partial charge >= 0.3 is 5.97 Å². The average Bonchev–Trinajstić information content (AvgIpc) is 2.72. The third kappa shape index (κ3) is 4.02. The molecule has 1 aromatic rings. The molecule has 1 aromatic heterocycles. The van der Waals surface area contributed by atoms with Crippen LogP contribution in [0, 0.1) is 0 Å². The molecule has 0 bridgehead atoms. The Labute approximate surface area is 95.5 Å². The first-order valence-electron chi connectivity index (χ1n) is 5.61. The van der Waals surface area contributed by atoms with Crippen molar-refractivity contribution < 1.29 is 9.90 Å².